The van der Waals surface area contributed by atoms with Gasteiger partial charge in [0.05, 0.1) is 12.2 Å². The van der Waals surface area contributed by atoms with Gasteiger partial charge in [-0.05, 0) is 62.6 Å². The van der Waals surface area contributed by atoms with E-state index in [-0.39, 0.29) is 5.97 Å². The summed E-state index contributed by atoms with van der Waals surface area (Å²) in [5, 5.41) is 0. The van der Waals surface area contributed by atoms with Crippen LogP contribution in [0.2, 0.25) is 0 Å². The van der Waals surface area contributed by atoms with Crippen molar-refractivity contribution in [2.45, 2.75) is 34.3 Å². The Morgan fingerprint density at radius 3 is 2.48 bits per heavy atom. The average Bonchev–Trinajstić information content (AvgIpc) is 2.50. The number of halogens is 1. The molecule has 0 atom stereocenters. The van der Waals surface area contributed by atoms with Crippen LogP contribution >= 0.6 is 15.9 Å². The summed E-state index contributed by atoms with van der Waals surface area (Å²) in [6.07, 6.45) is 0. The Balaban J connectivity index is 2.27. The van der Waals surface area contributed by atoms with E-state index in [1.165, 1.54) is 11.1 Å². The zero-order valence-corrected chi connectivity index (χ0v) is 15.5. The Bertz CT molecular complexity index is 723. The number of carbonyl (C=O) groups excluding carboxylic acids is 1. The number of rotatable bonds is 5. The molecular formula is C19H21BrO3. The molecule has 0 radical (unpaired) electrons. The molecule has 0 aromatic heterocycles. The van der Waals surface area contributed by atoms with E-state index >= 15 is 0 Å². The molecule has 2 aromatic rings. The van der Waals surface area contributed by atoms with E-state index < -0.39 is 0 Å². The zero-order chi connectivity index (χ0) is 17.0. The molecule has 0 saturated carbocycles. The average molecular weight is 377 g/mol. The van der Waals surface area contributed by atoms with Crippen LogP contribution in [0.5, 0.6) is 5.75 Å². The molecule has 0 aliphatic rings. The highest BCUT2D eigenvalue weighted by Crippen LogP contribution is 2.27. The van der Waals surface area contributed by atoms with Gasteiger partial charge in [-0.25, -0.2) is 4.79 Å². The number of esters is 1. The van der Waals surface area contributed by atoms with Crippen molar-refractivity contribution >= 4 is 21.9 Å². The molecule has 0 bridgehead atoms. The van der Waals surface area contributed by atoms with Crippen molar-refractivity contribution in [3.63, 3.8) is 0 Å². The largest absolute Gasteiger partial charge is 0.489 e. The highest BCUT2D eigenvalue weighted by molar-refractivity contribution is 9.10. The molecule has 0 N–H and O–H groups in total. The second kappa shape index (κ2) is 7.64. The minimum Gasteiger partial charge on any atom is -0.489 e. The first-order chi connectivity index (χ1) is 10.9. The predicted molar refractivity (Wildman–Crippen MR) is 95.1 cm³/mol. The van der Waals surface area contributed by atoms with Crippen molar-refractivity contribution in [2.24, 2.45) is 0 Å². The number of benzene rings is 2. The maximum absolute atomic E-state index is 12.1. The predicted octanol–water partition coefficient (Wildman–Crippen LogP) is 5.13. The van der Waals surface area contributed by atoms with E-state index in [0.29, 0.717) is 18.8 Å². The van der Waals surface area contributed by atoms with Crippen molar-refractivity contribution in [2.75, 3.05) is 6.61 Å². The molecule has 122 valence electrons. The Kier molecular flexibility index (Phi) is 5.83. The summed E-state index contributed by atoms with van der Waals surface area (Å²) in [5.74, 6) is 0.503. The summed E-state index contributed by atoms with van der Waals surface area (Å²) in [4.78, 5) is 12.1. The van der Waals surface area contributed by atoms with Gasteiger partial charge in [0.25, 0.3) is 0 Å². The molecule has 4 heteroatoms. The third-order valence-corrected chi connectivity index (χ3v) is 4.52. The molecule has 0 aliphatic carbocycles. The Morgan fingerprint density at radius 2 is 1.78 bits per heavy atom. The van der Waals surface area contributed by atoms with E-state index in [4.69, 9.17) is 9.47 Å². The summed E-state index contributed by atoms with van der Waals surface area (Å²) in [6.45, 7) is 8.61. The quantitative estimate of drug-likeness (QED) is 0.678. The van der Waals surface area contributed by atoms with Crippen LogP contribution < -0.4 is 4.74 Å². The highest BCUT2D eigenvalue weighted by Gasteiger charge is 2.16. The van der Waals surface area contributed by atoms with Crippen LogP contribution in [0.3, 0.4) is 0 Å². The molecule has 3 nitrogen and oxygen atoms in total. The second-order valence-electron chi connectivity index (χ2n) is 5.48. The molecule has 0 aliphatic heterocycles. The summed E-state index contributed by atoms with van der Waals surface area (Å²) in [6, 6.07) is 9.62. The van der Waals surface area contributed by atoms with Crippen LogP contribution in [0.4, 0.5) is 0 Å². The minimum absolute atomic E-state index is 0.304. The van der Waals surface area contributed by atoms with Gasteiger partial charge in [-0.15, -0.1) is 0 Å². The lowest BCUT2D eigenvalue weighted by Crippen LogP contribution is -2.10. The minimum atomic E-state index is -0.329. The topological polar surface area (TPSA) is 35.5 Å². The second-order valence-corrected chi connectivity index (χ2v) is 6.33. The fourth-order valence-electron chi connectivity index (χ4n) is 2.34. The molecule has 0 spiro atoms. The Labute approximate surface area is 145 Å². The Hall–Kier alpha value is -1.81. The van der Waals surface area contributed by atoms with Gasteiger partial charge in [0.15, 0.2) is 0 Å². The van der Waals surface area contributed by atoms with E-state index in [1.54, 1.807) is 13.0 Å². The maximum Gasteiger partial charge on any atom is 0.338 e. The van der Waals surface area contributed by atoms with Crippen molar-refractivity contribution in [1.29, 1.82) is 0 Å². The first-order valence-electron chi connectivity index (χ1n) is 7.59. The van der Waals surface area contributed by atoms with Crippen LogP contribution in [-0.2, 0) is 11.3 Å². The van der Waals surface area contributed by atoms with E-state index in [2.05, 4.69) is 35.8 Å². The molecule has 0 fully saturated rings. The first-order valence-corrected chi connectivity index (χ1v) is 8.38. The third-order valence-electron chi connectivity index (χ3n) is 3.78. The lowest BCUT2D eigenvalue weighted by molar-refractivity contribution is 0.0523. The smallest absolute Gasteiger partial charge is 0.338 e. The highest BCUT2D eigenvalue weighted by atomic mass is 79.9. The lowest BCUT2D eigenvalue weighted by Gasteiger charge is -2.15. The van der Waals surface area contributed by atoms with Crippen molar-refractivity contribution in [1.82, 2.24) is 0 Å². The molecule has 0 amide bonds. The van der Waals surface area contributed by atoms with Crippen LogP contribution in [0.25, 0.3) is 0 Å². The maximum atomic E-state index is 12.1. The van der Waals surface area contributed by atoms with Crippen LogP contribution in [0.1, 0.15) is 39.5 Å². The van der Waals surface area contributed by atoms with Crippen LogP contribution in [0.15, 0.2) is 34.8 Å². The number of aryl methyl sites for hydroxylation is 3. The molecule has 23 heavy (non-hydrogen) atoms. The number of hydrogen-bond acceptors (Lipinski definition) is 3. The number of carbonyl (C=O) groups is 1. The molecule has 2 rings (SSSR count). The number of ether oxygens (including phenoxy) is 2. The molecular weight excluding hydrogens is 356 g/mol. The van der Waals surface area contributed by atoms with Gasteiger partial charge in [0.1, 0.15) is 12.4 Å². The van der Waals surface area contributed by atoms with Gasteiger partial charge in [-0.2, -0.15) is 0 Å². The SMILES string of the molecule is CCOC(=O)c1cccc(Br)c1COc1cc(C)c(C)cc1C. The fourth-order valence-corrected chi connectivity index (χ4v) is 2.83. The van der Waals surface area contributed by atoms with Crippen LogP contribution in [-0.4, -0.2) is 12.6 Å². The van der Waals surface area contributed by atoms with Gasteiger partial charge in [0.2, 0.25) is 0 Å². The summed E-state index contributed by atoms with van der Waals surface area (Å²) in [7, 11) is 0. The van der Waals surface area contributed by atoms with Crippen LogP contribution in [0, 0.1) is 20.8 Å². The monoisotopic (exact) mass is 376 g/mol. The summed E-state index contributed by atoms with van der Waals surface area (Å²) in [5.41, 5.74) is 4.83. The van der Waals surface area contributed by atoms with E-state index in [1.807, 2.05) is 25.1 Å². The van der Waals surface area contributed by atoms with E-state index in [0.717, 1.165) is 21.3 Å². The van der Waals surface area contributed by atoms with Crippen molar-refractivity contribution in [3.05, 3.63) is 62.6 Å². The zero-order valence-electron chi connectivity index (χ0n) is 13.9. The van der Waals surface area contributed by atoms with Gasteiger partial charge >= 0.3 is 5.97 Å². The third kappa shape index (κ3) is 4.14. The number of hydrogen-bond donors (Lipinski definition) is 0. The summed E-state index contributed by atoms with van der Waals surface area (Å²) < 4.78 is 11.9. The summed E-state index contributed by atoms with van der Waals surface area (Å²) >= 11 is 3.50. The van der Waals surface area contributed by atoms with Gasteiger partial charge < -0.3 is 9.47 Å². The van der Waals surface area contributed by atoms with Gasteiger partial charge in [-0.3, -0.25) is 0 Å². The standard InChI is InChI=1S/C19H21BrO3/c1-5-22-19(21)15-7-6-8-17(20)16(15)11-23-18-10-13(3)12(2)9-14(18)4/h6-10H,5,11H2,1-4H3. The van der Waals surface area contributed by atoms with Gasteiger partial charge in [0, 0.05) is 10.0 Å². The normalized spacial score (nSPS) is 10.5. The fraction of sp³-hybridized carbons (Fsp3) is 0.316. The molecule has 0 saturated heterocycles. The first kappa shape index (κ1) is 17.5. The lowest BCUT2D eigenvalue weighted by atomic mass is 10.1. The molecule has 0 unspecified atom stereocenters. The molecule has 2 aromatic carbocycles. The Morgan fingerprint density at radius 1 is 1.09 bits per heavy atom. The van der Waals surface area contributed by atoms with Crippen molar-refractivity contribution < 1.29 is 14.3 Å². The van der Waals surface area contributed by atoms with E-state index in [9.17, 15) is 4.79 Å². The van der Waals surface area contributed by atoms with Gasteiger partial charge in [-0.1, -0.05) is 28.1 Å². The molecule has 0 heterocycles. The van der Waals surface area contributed by atoms with Crippen molar-refractivity contribution in [3.8, 4) is 5.75 Å².